The molecule has 0 spiro atoms. The zero-order valence-electron chi connectivity index (χ0n) is 6.95. The smallest absolute Gasteiger partial charge is 0.0797 e. The van der Waals surface area contributed by atoms with E-state index in [1.807, 2.05) is 0 Å². The lowest BCUT2D eigenvalue weighted by atomic mass is 9.69. The molecule has 0 saturated heterocycles. The molecule has 1 aliphatic carbocycles. The van der Waals surface area contributed by atoms with E-state index in [1.54, 1.807) is 0 Å². The zero-order chi connectivity index (χ0) is 7.90. The minimum atomic E-state index is 0.241. The molecule has 11 heavy (non-hydrogen) atoms. The molecule has 3 atom stereocenters. The van der Waals surface area contributed by atoms with E-state index < -0.39 is 0 Å². The van der Waals surface area contributed by atoms with Gasteiger partial charge in [-0.15, -0.1) is 6.58 Å². The maximum atomic E-state index is 4.28. The molecule has 0 N–H and O–H groups in total. The van der Waals surface area contributed by atoms with E-state index in [-0.39, 0.29) is 5.41 Å². The van der Waals surface area contributed by atoms with Crippen LogP contribution in [0.15, 0.2) is 22.9 Å². The van der Waals surface area contributed by atoms with Gasteiger partial charge in [0, 0.05) is 5.41 Å². The summed E-state index contributed by atoms with van der Waals surface area (Å²) in [6.07, 6.45) is 5.65. The molecule has 3 aliphatic rings. The van der Waals surface area contributed by atoms with Crippen LogP contribution in [0.3, 0.4) is 0 Å². The molecule has 1 saturated carbocycles. The van der Waals surface area contributed by atoms with Crippen LogP contribution in [0.25, 0.3) is 0 Å². The minimum Gasteiger partial charge on any atom is -0.190 e. The third kappa shape index (κ3) is 0.924. The Morgan fingerprint density at radius 2 is 2.27 bits per heavy atom. The number of hydrogen-bond donors (Lipinski definition) is 0. The van der Waals surface area contributed by atoms with Gasteiger partial charge in [0.15, 0.2) is 0 Å². The second-order valence-electron chi connectivity index (χ2n) is 3.89. The third-order valence-corrected chi connectivity index (χ3v) is 3.05. The van der Waals surface area contributed by atoms with Gasteiger partial charge in [-0.1, -0.05) is 13.0 Å². The van der Waals surface area contributed by atoms with Gasteiger partial charge in [-0.25, -0.2) is 0 Å². The van der Waals surface area contributed by atoms with E-state index in [0.29, 0.717) is 12.1 Å². The standard InChI is InChI=1S/C9H14N2/c1-3-9(2)6-7-4-5-8(9)11-10-7/h3,7-8H,1,4-6H2,2H3/t7-,8+,9-/m1/s1. The van der Waals surface area contributed by atoms with Crippen molar-refractivity contribution in [3.63, 3.8) is 0 Å². The van der Waals surface area contributed by atoms with Crippen LogP contribution in [0.5, 0.6) is 0 Å². The molecular formula is C9H14N2. The van der Waals surface area contributed by atoms with Crippen molar-refractivity contribution >= 4 is 0 Å². The molecule has 0 amide bonds. The predicted molar refractivity (Wildman–Crippen MR) is 44.6 cm³/mol. The van der Waals surface area contributed by atoms with E-state index in [2.05, 4.69) is 29.8 Å². The third-order valence-electron chi connectivity index (χ3n) is 3.05. The van der Waals surface area contributed by atoms with Crippen molar-refractivity contribution in [3.8, 4) is 0 Å². The van der Waals surface area contributed by atoms with Crippen molar-refractivity contribution in [2.45, 2.75) is 38.3 Å². The average Bonchev–Trinajstić information content (AvgIpc) is 2.06. The van der Waals surface area contributed by atoms with Crippen LogP contribution < -0.4 is 0 Å². The van der Waals surface area contributed by atoms with Crippen molar-refractivity contribution < 1.29 is 0 Å². The SMILES string of the molecule is C=C[C@]1(C)C[C@H]2CC[C@@H]1N=N2. The second kappa shape index (κ2) is 2.16. The Bertz CT molecular complexity index is 210. The summed E-state index contributed by atoms with van der Waals surface area (Å²) >= 11 is 0. The molecule has 1 fully saturated rings. The van der Waals surface area contributed by atoms with Crippen molar-refractivity contribution in [3.05, 3.63) is 12.7 Å². The van der Waals surface area contributed by atoms with Gasteiger partial charge in [-0.3, -0.25) is 0 Å². The highest BCUT2D eigenvalue weighted by Gasteiger charge is 2.41. The van der Waals surface area contributed by atoms with E-state index in [0.717, 1.165) is 6.42 Å². The van der Waals surface area contributed by atoms with E-state index in [4.69, 9.17) is 0 Å². The fourth-order valence-corrected chi connectivity index (χ4v) is 2.11. The summed E-state index contributed by atoms with van der Waals surface area (Å²) in [6, 6.07) is 0.910. The molecule has 60 valence electrons. The van der Waals surface area contributed by atoms with Crippen LogP contribution in [-0.4, -0.2) is 12.1 Å². The predicted octanol–water partition coefficient (Wildman–Crippen LogP) is 2.57. The monoisotopic (exact) mass is 150 g/mol. The lowest BCUT2D eigenvalue weighted by Gasteiger charge is -2.42. The molecule has 2 aliphatic heterocycles. The topological polar surface area (TPSA) is 24.7 Å². The van der Waals surface area contributed by atoms with Crippen LogP contribution in [-0.2, 0) is 0 Å². The van der Waals surface area contributed by atoms with E-state index in [9.17, 15) is 0 Å². The van der Waals surface area contributed by atoms with Gasteiger partial charge in [-0.2, -0.15) is 10.2 Å². The van der Waals surface area contributed by atoms with E-state index in [1.165, 1.54) is 12.8 Å². The zero-order valence-corrected chi connectivity index (χ0v) is 6.95. The van der Waals surface area contributed by atoms with Gasteiger partial charge in [0.1, 0.15) is 0 Å². The average molecular weight is 150 g/mol. The lowest BCUT2D eigenvalue weighted by Crippen LogP contribution is -2.40. The normalized spacial score (nSPS) is 47.7. The van der Waals surface area contributed by atoms with Gasteiger partial charge in [0.05, 0.1) is 12.1 Å². The molecule has 2 heterocycles. The highest BCUT2D eigenvalue weighted by atomic mass is 15.2. The molecule has 2 bridgehead atoms. The lowest BCUT2D eigenvalue weighted by molar-refractivity contribution is 0.172. The Morgan fingerprint density at radius 3 is 2.55 bits per heavy atom. The molecule has 0 unspecified atom stereocenters. The van der Waals surface area contributed by atoms with Crippen molar-refractivity contribution in [2.75, 3.05) is 0 Å². The van der Waals surface area contributed by atoms with E-state index >= 15 is 0 Å². The van der Waals surface area contributed by atoms with Crippen molar-refractivity contribution in [2.24, 2.45) is 15.6 Å². The molecule has 0 aromatic heterocycles. The Labute approximate surface area is 67.4 Å². The molecule has 2 nitrogen and oxygen atoms in total. The summed E-state index contributed by atoms with van der Waals surface area (Å²) in [5, 5.41) is 8.49. The fraction of sp³-hybridized carbons (Fsp3) is 0.778. The molecule has 0 aromatic carbocycles. The number of azo groups is 1. The first-order valence-corrected chi connectivity index (χ1v) is 4.28. The number of nitrogens with zero attached hydrogens (tertiary/aromatic N) is 2. The molecular weight excluding hydrogens is 136 g/mol. The first-order valence-electron chi connectivity index (χ1n) is 4.28. The van der Waals surface area contributed by atoms with Crippen LogP contribution in [0.2, 0.25) is 0 Å². The van der Waals surface area contributed by atoms with Crippen LogP contribution in [0.1, 0.15) is 26.2 Å². The summed E-state index contributed by atoms with van der Waals surface area (Å²) in [4.78, 5) is 0. The Balaban J connectivity index is 2.29. The van der Waals surface area contributed by atoms with Crippen LogP contribution >= 0.6 is 0 Å². The summed E-state index contributed by atoms with van der Waals surface area (Å²) < 4.78 is 0. The summed E-state index contributed by atoms with van der Waals surface area (Å²) in [6.45, 7) is 6.12. The summed E-state index contributed by atoms with van der Waals surface area (Å²) in [5.74, 6) is 0. The summed E-state index contributed by atoms with van der Waals surface area (Å²) in [5.41, 5.74) is 0.241. The van der Waals surface area contributed by atoms with Gasteiger partial charge in [0.2, 0.25) is 0 Å². The minimum absolute atomic E-state index is 0.241. The van der Waals surface area contributed by atoms with Gasteiger partial charge < -0.3 is 0 Å². The molecule has 2 heteroatoms. The summed E-state index contributed by atoms with van der Waals surface area (Å²) in [7, 11) is 0. The van der Waals surface area contributed by atoms with Gasteiger partial charge >= 0.3 is 0 Å². The number of fused-ring (bicyclic) bond motifs is 2. The Kier molecular flexibility index (Phi) is 1.38. The highest BCUT2D eigenvalue weighted by molar-refractivity contribution is 5.07. The number of hydrogen-bond acceptors (Lipinski definition) is 2. The second-order valence-corrected chi connectivity index (χ2v) is 3.89. The fourth-order valence-electron chi connectivity index (χ4n) is 2.11. The van der Waals surface area contributed by atoms with Crippen molar-refractivity contribution in [1.82, 2.24) is 0 Å². The quantitative estimate of drug-likeness (QED) is 0.513. The maximum Gasteiger partial charge on any atom is 0.0797 e. The van der Waals surface area contributed by atoms with Crippen molar-refractivity contribution in [1.29, 1.82) is 0 Å². The molecule has 0 radical (unpaired) electrons. The Morgan fingerprint density at radius 1 is 1.45 bits per heavy atom. The van der Waals surface area contributed by atoms with Gasteiger partial charge in [0.25, 0.3) is 0 Å². The van der Waals surface area contributed by atoms with Crippen LogP contribution in [0, 0.1) is 5.41 Å². The first kappa shape index (κ1) is 7.01. The Hall–Kier alpha value is -0.660. The van der Waals surface area contributed by atoms with Gasteiger partial charge in [-0.05, 0) is 19.3 Å². The molecule has 3 rings (SSSR count). The number of rotatable bonds is 1. The first-order chi connectivity index (χ1) is 5.24. The maximum absolute atomic E-state index is 4.28. The molecule has 0 aromatic rings. The van der Waals surface area contributed by atoms with Crippen LogP contribution in [0.4, 0.5) is 0 Å². The highest BCUT2D eigenvalue weighted by Crippen LogP contribution is 2.43. The largest absolute Gasteiger partial charge is 0.190 e.